The SMILES string of the molecule is NCCCCC(=O)Nc1cc(F)cc(F)c1F. The molecule has 3 N–H and O–H groups in total. The number of amides is 1. The van der Waals surface area contributed by atoms with E-state index in [1.165, 1.54) is 0 Å². The average molecular weight is 246 g/mol. The number of carbonyl (C=O) groups excluding carboxylic acids is 1. The molecule has 0 aliphatic heterocycles. The van der Waals surface area contributed by atoms with Crippen molar-refractivity contribution in [2.45, 2.75) is 19.3 Å². The summed E-state index contributed by atoms with van der Waals surface area (Å²) in [5.74, 6) is -4.04. The number of carbonyl (C=O) groups is 1. The Hall–Kier alpha value is -1.56. The Kier molecular flexibility index (Phi) is 4.96. The van der Waals surface area contributed by atoms with E-state index in [9.17, 15) is 18.0 Å². The Morgan fingerprint density at radius 1 is 1.24 bits per heavy atom. The van der Waals surface area contributed by atoms with Gasteiger partial charge in [0, 0.05) is 18.6 Å². The Labute approximate surface area is 96.8 Å². The molecule has 0 aliphatic carbocycles. The second-order valence-electron chi connectivity index (χ2n) is 3.54. The third kappa shape index (κ3) is 4.07. The van der Waals surface area contributed by atoms with Gasteiger partial charge in [-0.05, 0) is 19.4 Å². The Balaban J connectivity index is 2.65. The molecule has 0 aliphatic rings. The summed E-state index contributed by atoms with van der Waals surface area (Å²) in [6, 6.07) is 1.15. The maximum atomic E-state index is 13.2. The summed E-state index contributed by atoms with van der Waals surface area (Å²) in [6.45, 7) is 0.455. The van der Waals surface area contributed by atoms with Crippen LogP contribution in [0.4, 0.5) is 18.9 Å². The molecule has 0 heterocycles. The van der Waals surface area contributed by atoms with Gasteiger partial charge in [0.05, 0.1) is 5.69 Å². The first-order valence-electron chi connectivity index (χ1n) is 5.19. The number of hydrogen-bond acceptors (Lipinski definition) is 2. The molecule has 1 amide bonds. The van der Waals surface area contributed by atoms with Crippen molar-refractivity contribution < 1.29 is 18.0 Å². The Morgan fingerprint density at radius 2 is 1.94 bits per heavy atom. The number of nitrogens with two attached hydrogens (primary N) is 1. The van der Waals surface area contributed by atoms with E-state index in [1.54, 1.807) is 0 Å². The summed E-state index contributed by atoms with van der Waals surface area (Å²) in [4.78, 5) is 11.3. The fourth-order valence-electron chi connectivity index (χ4n) is 1.29. The molecule has 0 saturated heterocycles. The van der Waals surface area contributed by atoms with E-state index in [1.807, 2.05) is 0 Å². The monoisotopic (exact) mass is 246 g/mol. The van der Waals surface area contributed by atoms with Crippen LogP contribution < -0.4 is 11.1 Å². The molecule has 1 aromatic rings. The van der Waals surface area contributed by atoms with E-state index < -0.39 is 29.0 Å². The summed E-state index contributed by atoms with van der Waals surface area (Å²) in [5.41, 5.74) is 4.75. The van der Waals surface area contributed by atoms with Gasteiger partial charge in [0.15, 0.2) is 11.6 Å². The van der Waals surface area contributed by atoms with Gasteiger partial charge in [0.1, 0.15) is 5.82 Å². The van der Waals surface area contributed by atoms with Crippen LogP contribution in [0.5, 0.6) is 0 Å². The lowest BCUT2D eigenvalue weighted by Crippen LogP contribution is -2.14. The minimum Gasteiger partial charge on any atom is -0.330 e. The van der Waals surface area contributed by atoms with E-state index in [4.69, 9.17) is 5.73 Å². The molecule has 0 atom stereocenters. The number of rotatable bonds is 5. The van der Waals surface area contributed by atoms with Crippen LogP contribution in [0.15, 0.2) is 12.1 Å². The molecule has 94 valence electrons. The molecule has 0 unspecified atom stereocenters. The number of anilines is 1. The average Bonchev–Trinajstić information content (AvgIpc) is 2.25. The van der Waals surface area contributed by atoms with E-state index in [0.29, 0.717) is 25.5 Å². The van der Waals surface area contributed by atoms with Crippen molar-refractivity contribution >= 4 is 11.6 Å². The van der Waals surface area contributed by atoms with Crippen LogP contribution in [-0.4, -0.2) is 12.5 Å². The molecule has 3 nitrogen and oxygen atoms in total. The summed E-state index contributed by atoms with van der Waals surface area (Å²) < 4.78 is 38.8. The number of unbranched alkanes of at least 4 members (excludes halogenated alkanes) is 1. The fourth-order valence-corrected chi connectivity index (χ4v) is 1.29. The highest BCUT2D eigenvalue weighted by atomic mass is 19.2. The molecule has 0 bridgehead atoms. The van der Waals surface area contributed by atoms with E-state index in [-0.39, 0.29) is 6.42 Å². The van der Waals surface area contributed by atoms with Gasteiger partial charge in [-0.2, -0.15) is 0 Å². The van der Waals surface area contributed by atoms with Crippen LogP contribution >= 0.6 is 0 Å². The molecule has 0 fully saturated rings. The largest absolute Gasteiger partial charge is 0.330 e. The van der Waals surface area contributed by atoms with Gasteiger partial charge in [-0.25, -0.2) is 13.2 Å². The van der Waals surface area contributed by atoms with E-state index in [2.05, 4.69) is 5.32 Å². The molecular weight excluding hydrogens is 233 g/mol. The summed E-state index contributed by atoms with van der Waals surface area (Å²) in [5, 5.41) is 2.12. The first kappa shape index (κ1) is 13.5. The van der Waals surface area contributed by atoms with Gasteiger partial charge < -0.3 is 11.1 Å². The predicted octanol–water partition coefficient (Wildman–Crippen LogP) is 2.17. The molecule has 1 aromatic carbocycles. The minimum atomic E-state index is -1.33. The Bertz CT molecular complexity index is 410. The van der Waals surface area contributed by atoms with Gasteiger partial charge in [0.25, 0.3) is 0 Å². The fraction of sp³-hybridized carbons (Fsp3) is 0.364. The third-order valence-corrected chi connectivity index (χ3v) is 2.13. The highest BCUT2D eigenvalue weighted by molar-refractivity contribution is 5.90. The zero-order valence-electron chi connectivity index (χ0n) is 9.10. The first-order valence-corrected chi connectivity index (χ1v) is 5.19. The van der Waals surface area contributed by atoms with Gasteiger partial charge in [-0.15, -0.1) is 0 Å². The van der Waals surface area contributed by atoms with Crippen LogP contribution in [0.2, 0.25) is 0 Å². The lowest BCUT2D eigenvalue weighted by Gasteiger charge is -2.06. The van der Waals surface area contributed by atoms with E-state index in [0.717, 1.165) is 6.07 Å². The maximum absolute atomic E-state index is 13.2. The quantitative estimate of drug-likeness (QED) is 0.618. The normalized spacial score (nSPS) is 10.4. The number of benzene rings is 1. The van der Waals surface area contributed by atoms with Crippen LogP contribution in [0.3, 0.4) is 0 Å². The first-order chi connectivity index (χ1) is 8.04. The predicted molar refractivity (Wildman–Crippen MR) is 57.9 cm³/mol. The summed E-state index contributed by atoms with van der Waals surface area (Å²) in [6.07, 6.45) is 1.34. The summed E-state index contributed by atoms with van der Waals surface area (Å²) >= 11 is 0. The maximum Gasteiger partial charge on any atom is 0.224 e. The lowest BCUT2D eigenvalue weighted by atomic mass is 10.2. The molecular formula is C11H13F3N2O. The van der Waals surface area contributed by atoms with Crippen molar-refractivity contribution in [3.05, 3.63) is 29.6 Å². The van der Waals surface area contributed by atoms with Crippen molar-refractivity contribution in [1.29, 1.82) is 0 Å². The number of hydrogen-bond donors (Lipinski definition) is 2. The minimum absolute atomic E-state index is 0.134. The topological polar surface area (TPSA) is 55.1 Å². The van der Waals surface area contributed by atoms with Crippen LogP contribution in [0.25, 0.3) is 0 Å². The summed E-state index contributed by atoms with van der Waals surface area (Å²) in [7, 11) is 0. The molecule has 1 rings (SSSR count). The van der Waals surface area contributed by atoms with Gasteiger partial charge >= 0.3 is 0 Å². The van der Waals surface area contributed by atoms with Crippen LogP contribution in [-0.2, 0) is 4.79 Å². The second-order valence-corrected chi connectivity index (χ2v) is 3.54. The van der Waals surface area contributed by atoms with Crippen molar-refractivity contribution in [2.24, 2.45) is 5.73 Å². The van der Waals surface area contributed by atoms with Crippen molar-refractivity contribution in [3.8, 4) is 0 Å². The highest BCUT2D eigenvalue weighted by Crippen LogP contribution is 2.19. The van der Waals surface area contributed by atoms with Crippen LogP contribution in [0.1, 0.15) is 19.3 Å². The van der Waals surface area contributed by atoms with Crippen LogP contribution in [0, 0.1) is 17.5 Å². The molecule has 0 saturated carbocycles. The standard InChI is InChI=1S/C11H13F3N2O/c12-7-5-8(13)11(14)9(6-7)16-10(17)3-1-2-4-15/h5-6H,1-4,15H2,(H,16,17). The molecule has 6 heteroatoms. The second kappa shape index (κ2) is 6.24. The number of halogens is 3. The van der Waals surface area contributed by atoms with E-state index >= 15 is 0 Å². The zero-order valence-corrected chi connectivity index (χ0v) is 9.10. The molecule has 17 heavy (non-hydrogen) atoms. The third-order valence-electron chi connectivity index (χ3n) is 2.13. The zero-order chi connectivity index (χ0) is 12.8. The van der Waals surface area contributed by atoms with Crippen molar-refractivity contribution in [2.75, 3.05) is 11.9 Å². The van der Waals surface area contributed by atoms with Gasteiger partial charge in [-0.3, -0.25) is 4.79 Å². The van der Waals surface area contributed by atoms with Gasteiger partial charge in [0.2, 0.25) is 5.91 Å². The molecule has 0 aromatic heterocycles. The highest BCUT2D eigenvalue weighted by Gasteiger charge is 2.13. The molecule has 0 radical (unpaired) electrons. The van der Waals surface area contributed by atoms with Crippen molar-refractivity contribution in [3.63, 3.8) is 0 Å². The number of nitrogens with one attached hydrogen (secondary N) is 1. The Morgan fingerprint density at radius 3 is 2.59 bits per heavy atom. The van der Waals surface area contributed by atoms with Crippen molar-refractivity contribution in [1.82, 2.24) is 0 Å². The lowest BCUT2D eigenvalue weighted by molar-refractivity contribution is -0.116. The smallest absolute Gasteiger partial charge is 0.224 e. The van der Waals surface area contributed by atoms with Gasteiger partial charge in [-0.1, -0.05) is 0 Å². The molecule has 0 spiro atoms.